The van der Waals surface area contributed by atoms with Gasteiger partial charge in [0.1, 0.15) is 0 Å². The van der Waals surface area contributed by atoms with Crippen LogP contribution in [0, 0.1) is 17.3 Å². The van der Waals surface area contributed by atoms with Crippen molar-refractivity contribution >= 4 is 0 Å². The van der Waals surface area contributed by atoms with Crippen LogP contribution >= 0.6 is 0 Å². The van der Waals surface area contributed by atoms with Crippen LogP contribution in [0.25, 0.3) is 0 Å². The largest absolute Gasteiger partial charge is 0.396 e. The van der Waals surface area contributed by atoms with E-state index in [0.717, 1.165) is 12.3 Å². The smallest absolute Gasteiger partial charge is 0.0975 e. The van der Waals surface area contributed by atoms with Gasteiger partial charge in [0, 0.05) is 18.5 Å². The second-order valence-electron chi connectivity index (χ2n) is 5.53. The van der Waals surface area contributed by atoms with Crippen LogP contribution in [0.3, 0.4) is 0 Å². The number of aliphatic hydroxyl groups excluding tert-OH is 1. The average molecular weight is 197 g/mol. The lowest BCUT2D eigenvalue weighted by molar-refractivity contribution is -0.164. The van der Waals surface area contributed by atoms with E-state index >= 15 is 0 Å². The second-order valence-corrected chi connectivity index (χ2v) is 5.53. The first-order valence-corrected chi connectivity index (χ1v) is 5.74. The molecule has 3 nitrogen and oxygen atoms in total. The molecule has 0 radical (unpaired) electrons. The quantitative estimate of drug-likeness (QED) is 0.589. The summed E-state index contributed by atoms with van der Waals surface area (Å²) in [6.45, 7) is 1.53. The van der Waals surface area contributed by atoms with Crippen molar-refractivity contribution in [3.8, 4) is 0 Å². The zero-order valence-corrected chi connectivity index (χ0v) is 8.50. The van der Waals surface area contributed by atoms with Crippen molar-refractivity contribution in [2.24, 2.45) is 17.3 Å². The SMILES string of the molecule is OCC1(C2(O)CNC2)CC2CCC1C2. The molecule has 0 amide bonds. The Hall–Kier alpha value is -0.120. The van der Waals surface area contributed by atoms with Crippen molar-refractivity contribution in [2.45, 2.75) is 31.3 Å². The Morgan fingerprint density at radius 3 is 2.43 bits per heavy atom. The van der Waals surface area contributed by atoms with Crippen LogP contribution in [0.1, 0.15) is 25.7 Å². The highest BCUT2D eigenvalue weighted by atomic mass is 16.3. The zero-order chi connectivity index (χ0) is 9.81. The normalized spacial score (nSPS) is 49.3. The van der Waals surface area contributed by atoms with Gasteiger partial charge in [0.25, 0.3) is 0 Å². The summed E-state index contributed by atoms with van der Waals surface area (Å²) >= 11 is 0. The standard InChI is InChI=1S/C11H19NO2/c13-7-10(11(14)5-12-6-11)4-8-1-2-9(10)3-8/h8-9,12-14H,1-7H2. The van der Waals surface area contributed by atoms with Crippen molar-refractivity contribution in [3.63, 3.8) is 0 Å². The molecule has 3 atom stereocenters. The summed E-state index contributed by atoms with van der Waals surface area (Å²) in [6.07, 6.45) is 4.82. The molecule has 2 bridgehead atoms. The maximum Gasteiger partial charge on any atom is 0.0975 e. The highest BCUT2D eigenvalue weighted by molar-refractivity contribution is 5.15. The number of fused-ring (bicyclic) bond motifs is 2. The van der Waals surface area contributed by atoms with Crippen LogP contribution in [0.2, 0.25) is 0 Å². The fourth-order valence-electron chi connectivity index (χ4n) is 4.07. The van der Waals surface area contributed by atoms with Crippen LogP contribution in [0.15, 0.2) is 0 Å². The van der Waals surface area contributed by atoms with Crippen LogP contribution < -0.4 is 5.32 Å². The van der Waals surface area contributed by atoms with E-state index in [1.807, 2.05) is 0 Å². The topological polar surface area (TPSA) is 52.5 Å². The number of hydrogen-bond donors (Lipinski definition) is 3. The number of rotatable bonds is 2. The lowest BCUT2D eigenvalue weighted by Gasteiger charge is -2.54. The maximum absolute atomic E-state index is 10.5. The number of aliphatic hydroxyl groups is 2. The molecule has 1 saturated heterocycles. The summed E-state index contributed by atoms with van der Waals surface area (Å²) < 4.78 is 0. The molecule has 2 saturated carbocycles. The molecule has 80 valence electrons. The van der Waals surface area contributed by atoms with Crippen LogP contribution in [0.4, 0.5) is 0 Å². The zero-order valence-electron chi connectivity index (χ0n) is 8.50. The Morgan fingerprint density at radius 1 is 1.29 bits per heavy atom. The van der Waals surface area contributed by atoms with E-state index in [9.17, 15) is 10.2 Å². The van der Waals surface area contributed by atoms with Crippen molar-refractivity contribution in [1.29, 1.82) is 0 Å². The molecule has 1 aliphatic heterocycles. The Bertz CT molecular complexity index is 252. The lowest BCUT2D eigenvalue weighted by Crippen LogP contribution is -2.70. The van der Waals surface area contributed by atoms with E-state index in [4.69, 9.17) is 0 Å². The molecule has 3 heteroatoms. The molecule has 3 aliphatic rings. The fraction of sp³-hybridized carbons (Fsp3) is 1.00. The third-order valence-corrected chi connectivity index (χ3v) is 5.02. The minimum atomic E-state index is -0.610. The molecule has 3 N–H and O–H groups in total. The Morgan fingerprint density at radius 2 is 2.07 bits per heavy atom. The second kappa shape index (κ2) is 2.71. The average Bonchev–Trinajstić information content (AvgIpc) is 2.73. The fourth-order valence-corrected chi connectivity index (χ4v) is 4.07. The van der Waals surface area contributed by atoms with Crippen LogP contribution in [-0.4, -0.2) is 35.5 Å². The first kappa shape index (κ1) is 9.13. The van der Waals surface area contributed by atoms with Crippen molar-refractivity contribution in [3.05, 3.63) is 0 Å². The summed E-state index contributed by atoms with van der Waals surface area (Å²) in [5.74, 6) is 1.35. The molecule has 2 aliphatic carbocycles. The van der Waals surface area contributed by atoms with Gasteiger partial charge in [0.2, 0.25) is 0 Å². The van der Waals surface area contributed by atoms with Gasteiger partial charge in [0.15, 0.2) is 0 Å². The lowest BCUT2D eigenvalue weighted by atomic mass is 9.60. The van der Waals surface area contributed by atoms with Gasteiger partial charge in [-0.1, -0.05) is 6.42 Å². The van der Waals surface area contributed by atoms with E-state index < -0.39 is 5.60 Å². The Labute approximate surface area is 84.5 Å². The minimum Gasteiger partial charge on any atom is -0.396 e. The summed E-state index contributed by atoms with van der Waals surface area (Å²) in [6, 6.07) is 0. The first-order chi connectivity index (χ1) is 6.70. The minimum absolute atomic E-state index is 0.166. The van der Waals surface area contributed by atoms with Gasteiger partial charge in [-0.15, -0.1) is 0 Å². The predicted octanol–water partition coefficient (Wildman–Crippen LogP) is 0.119. The molecule has 3 fully saturated rings. The molecule has 14 heavy (non-hydrogen) atoms. The van der Waals surface area contributed by atoms with E-state index in [1.165, 1.54) is 19.3 Å². The molecule has 0 aromatic heterocycles. The summed E-state index contributed by atoms with van der Waals surface area (Å²) in [5, 5.41) is 23.2. The summed E-state index contributed by atoms with van der Waals surface area (Å²) in [7, 11) is 0. The van der Waals surface area contributed by atoms with E-state index in [1.54, 1.807) is 0 Å². The summed E-state index contributed by atoms with van der Waals surface area (Å²) in [5.41, 5.74) is -0.775. The third kappa shape index (κ3) is 0.884. The number of nitrogens with one attached hydrogen (secondary N) is 1. The van der Waals surface area contributed by atoms with Crippen molar-refractivity contribution in [2.75, 3.05) is 19.7 Å². The van der Waals surface area contributed by atoms with E-state index in [2.05, 4.69) is 5.32 Å². The molecule has 0 aromatic rings. The highest BCUT2D eigenvalue weighted by Gasteiger charge is 2.63. The van der Waals surface area contributed by atoms with Gasteiger partial charge in [-0.3, -0.25) is 0 Å². The van der Waals surface area contributed by atoms with Gasteiger partial charge in [-0.25, -0.2) is 0 Å². The van der Waals surface area contributed by atoms with Gasteiger partial charge in [-0.05, 0) is 31.1 Å². The van der Waals surface area contributed by atoms with Crippen LogP contribution in [0.5, 0.6) is 0 Å². The van der Waals surface area contributed by atoms with Gasteiger partial charge in [0.05, 0.1) is 12.2 Å². The molecular weight excluding hydrogens is 178 g/mol. The predicted molar refractivity (Wildman–Crippen MR) is 52.8 cm³/mol. The monoisotopic (exact) mass is 197 g/mol. The van der Waals surface area contributed by atoms with Gasteiger partial charge in [-0.2, -0.15) is 0 Å². The first-order valence-electron chi connectivity index (χ1n) is 5.74. The molecule has 3 unspecified atom stereocenters. The molecule has 0 aromatic carbocycles. The molecule has 3 rings (SSSR count). The maximum atomic E-state index is 10.5. The van der Waals surface area contributed by atoms with Gasteiger partial charge >= 0.3 is 0 Å². The number of hydrogen-bond acceptors (Lipinski definition) is 3. The number of β-amino-alcohol motifs (C(OH)–C–C–N with tert-alkyl or cyclic N) is 1. The van der Waals surface area contributed by atoms with E-state index in [-0.39, 0.29) is 12.0 Å². The molecule has 0 spiro atoms. The van der Waals surface area contributed by atoms with Crippen molar-refractivity contribution in [1.82, 2.24) is 5.32 Å². The Balaban J connectivity index is 1.91. The van der Waals surface area contributed by atoms with E-state index in [0.29, 0.717) is 19.0 Å². The van der Waals surface area contributed by atoms with Gasteiger partial charge < -0.3 is 15.5 Å². The molecule has 1 heterocycles. The van der Waals surface area contributed by atoms with Crippen LogP contribution in [-0.2, 0) is 0 Å². The third-order valence-electron chi connectivity index (χ3n) is 5.02. The highest BCUT2D eigenvalue weighted by Crippen LogP contribution is 2.60. The molecular formula is C11H19NO2. The Kier molecular flexibility index (Phi) is 1.77. The van der Waals surface area contributed by atoms with Crippen molar-refractivity contribution < 1.29 is 10.2 Å². The summed E-state index contributed by atoms with van der Waals surface area (Å²) in [4.78, 5) is 0.